The van der Waals surface area contributed by atoms with Gasteiger partial charge in [0.25, 0.3) is 10.0 Å². The van der Waals surface area contributed by atoms with Crippen LogP contribution in [0.4, 0.5) is 0 Å². The molecule has 2 heterocycles. The van der Waals surface area contributed by atoms with E-state index in [4.69, 9.17) is 4.74 Å². The number of hydrogen-bond acceptors (Lipinski definition) is 5. The molecule has 0 atom stereocenters. The smallest absolute Gasteiger partial charge is 0.309 e. The second kappa shape index (κ2) is 6.55. The van der Waals surface area contributed by atoms with Crippen molar-refractivity contribution in [2.24, 2.45) is 5.92 Å². The summed E-state index contributed by atoms with van der Waals surface area (Å²) in [6.07, 6.45) is 1.03. The van der Waals surface area contributed by atoms with E-state index in [-0.39, 0.29) is 11.9 Å². The van der Waals surface area contributed by atoms with Gasteiger partial charge in [0, 0.05) is 17.6 Å². The Morgan fingerprint density at radius 3 is 2.65 bits per heavy atom. The van der Waals surface area contributed by atoms with Crippen molar-refractivity contribution in [3.8, 4) is 0 Å². The van der Waals surface area contributed by atoms with Gasteiger partial charge < -0.3 is 4.74 Å². The third-order valence-corrected chi connectivity index (χ3v) is 7.78. The predicted octanol–water partition coefficient (Wildman–Crippen LogP) is 2.47. The first-order valence-electron chi connectivity index (χ1n) is 6.36. The first-order valence-corrected chi connectivity index (χ1v) is 9.48. The lowest BCUT2D eigenvalue weighted by molar-refractivity contribution is -0.149. The van der Waals surface area contributed by atoms with E-state index in [1.165, 1.54) is 15.6 Å². The van der Waals surface area contributed by atoms with Crippen LogP contribution < -0.4 is 0 Å². The fourth-order valence-corrected chi connectivity index (χ4v) is 6.09. The fourth-order valence-electron chi connectivity index (χ4n) is 2.17. The molecule has 0 radical (unpaired) electrons. The number of nitrogens with zero attached hydrogens (tertiary/aromatic N) is 1. The zero-order valence-electron chi connectivity index (χ0n) is 11.0. The highest BCUT2D eigenvalue weighted by molar-refractivity contribution is 9.10. The number of hydrogen-bond donors (Lipinski definition) is 0. The second-order valence-corrected chi connectivity index (χ2v) is 8.39. The number of piperidine rings is 1. The van der Waals surface area contributed by atoms with Gasteiger partial charge in [0.05, 0.1) is 12.5 Å². The van der Waals surface area contributed by atoms with Gasteiger partial charge in [-0.3, -0.25) is 4.79 Å². The standard InChI is InChI=1S/C12H16BrNO4S2/c1-2-18-11(15)9-3-6-14(7-4-9)20(16,17)12-10(13)5-8-19-12/h5,8-9H,2-4,6-7H2,1H3. The lowest BCUT2D eigenvalue weighted by atomic mass is 9.98. The number of sulfonamides is 1. The molecule has 0 unspecified atom stereocenters. The quantitative estimate of drug-likeness (QED) is 0.751. The highest BCUT2D eigenvalue weighted by Crippen LogP contribution is 2.32. The predicted molar refractivity (Wildman–Crippen MR) is 80.1 cm³/mol. The maximum atomic E-state index is 12.5. The summed E-state index contributed by atoms with van der Waals surface area (Å²) in [5.41, 5.74) is 0. The SMILES string of the molecule is CCOC(=O)C1CCN(S(=O)(=O)c2sccc2Br)CC1. The van der Waals surface area contributed by atoms with Crippen LogP contribution in [0, 0.1) is 5.92 Å². The van der Waals surface area contributed by atoms with E-state index < -0.39 is 10.0 Å². The number of thiophene rings is 1. The fraction of sp³-hybridized carbons (Fsp3) is 0.583. The molecule has 0 bridgehead atoms. The van der Waals surface area contributed by atoms with Crippen molar-refractivity contribution < 1.29 is 17.9 Å². The Morgan fingerprint density at radius 1 is 1.50 bits per heavy atom. The summed E-state index contributed by atoms with van der Waals surface area (Å²) in [5.74, 6) is -0.407. The lowest BCUT2D eigenvalue weighted by Crippen LogP contribution is -2.40. The van der Waals surface area contributed by atoms with Crippen LogP contribution in [-0.2, 0) is 19.6 Å². The van der Waals surface area contributed by atoms with Gasteiger partial charge in [0.1, 0.15) is 4.21 Å². The van der Waals surface area contributed by atoms with Gasteiger partial charge in [-0.05, 0) is 47.1 Å². The maximum absolute atomic E-state index is 12.5. The highest BCUT2D eigenvalue weighted by Gasteiger charge is 2.34. The monoisotopic (exact) mass is 381 g/mol. The molecule has 5 nitrogen and oxygen atoms in total. The van der Waals surface area contributed by atoms with Crippen LogP contribution in [0.1, 0.15) is 19.8 Å². The molecule has 1 aliphatic heterocycles. The summed E-state index contributed by atoms with van der Waals surface area (Å²) in [4.78, 5) is 11.6. The third-order valence-electron chi connectivity index (χ3n) is 3.23. The molecule has 2 rings (SSSR count). The Kier molecular flexibility index (Phi) is 5.22. The minimum Gasteiger partial charge on any atom is -0.466 e. The summed E-state index contributed by atoms with van der Waals surface area (Å²) in [6.45, 7) is 2.84. The van der Waals surface area contributed by atoms with Crippen molar-refractivity contribution in [2.45, 2.75) is 24.0 Å². The zero-order valence-corrected chi connectivity index (χ0v) is 14.3. The Morgan fingerprint density at radius 2 is 2.15 bits per heavy atom. The molecule has 0 N–H and O–H groups in total. The van der Waals surface area contributed by atoms with Crippen molar-refractivity contribution >= 4 is 43.3 Å². The van der Waals surface area contributed by atoms with Crippen LogP contribution in [0.2, 0.25) is 0 Å². The number of esters is 1. The van der Waals surface area contributed by atoms with Gasteiger partial charge >= 0.3 is 5.97 Å². The molecule has 1 aromatic rings. The number of carbonyl (C=O) groups excluding carboxylic acids is 1. The van der Waals surface area contributed by atoms with Crippen molar-refractivity contribution in [3.05, 3.63) is 15.9 Å². The van der Waals surface area contributed by atoms with Crippen LogP contribution in [0.3, 0.4) is 0 Å². The molecule has 0 aromatic carbocycles. The van der Waals surface area contributed by atoms with Crippen LogP contribution in [0.15, 0.2) is 20.1 Å². The lowest BCUT2D eigenvalue weighted by Gasteiger charge is -2.29. The van der Waals surface area contributed by atoms with Gasteiger partial charge in [-0.1, -0.05) is 0 Å². The Bertz CT molecular complexity index is 576. The molecule has 0 spiro atoms. The maximum Gasteiger partial charge on any atom is 0.309 e. The normalized spacial score (nSPS) is 18.1. The number of ether oxygens (including phenoxy) is 1. The van der Waals surface area contributed by atoms with Crippen LogP contribution in [0.25, 0.3) is 0 Å². The highest BCUT2D eigenvalue weighted by atomic mass is 79.9. The number of rotatable bonds is 4. The minimum absolute atomic E-state index is 0.187. The van der Waals surface area contributed by atoms with Crippen LogP contribution in [0.5, 0.6) is 0 Å². The van der Waals surface area contributed by atoms with E-state index in [1.807, 2.05) is 0 Å². The van der Waals surface area contributed by atoms with E-state index in [9.17, 15) is 13.2 Å². The van der Waals surface area contributed by atoms with E-state index >= 15 is 0 Å². The first kappa shape index (κ1) is 15.9. The molecule has 1 aromatic heterocycles. The number of carbonyl (C=O) groups is 1. The molecule has 0 aliphatic carbocycles. The summed E-state index contributed by atoms with van der Waals surface area (Å²) >= 11 is 4.45. The Labute approximate surface area is 131 Å². The summed E-state index contributed by atoms with van der Waals surface area (Å²) in [6, 6.07) is 1.73. The van der Waals surface area contributed by atoms with Gasteiger partial charge in [-0.25, -0.2) is 8.42 Å². The zero-order chi connectivity index (χ0) is 14.8. The molecule has 0 saturated carbocycles. The summed E-state index contributed by atoms with van der Waals surface area (Å²) in [5, 5.41) is 1.74. The van der Waals surface area contributed by atoms with E-state index in [0.29, 0.717) is 41.2 Å². The van der Waals surface area contributed by atoms with Crippen molar-refractivity contribution in [1.82, 2.24) is 4.31 Å². The van der Waals surface area contributed by atoms with Crippen molar-refractivity contribution in [1.29, 1.82) is 0 Å². The van der Waals surface area contributed by atoms with Crippen LogP contribution in [-0.4, -0.2) is 38.4 Å². The molecule has 1 fully saturated rings. The summed E-state index contributed by atoms with van der Waals surface area (Å²) in [7, 11) is -3.46. The average Bonchev–Trinajstić information content (AvgIpc) is 2.86. The van der Waals surface area contributed by atoms with Gasteiger partial charge in [0.15, 0.2) is 0 Å². The molecule has 1 saturated heterocycles. The van der Waals surface area contributed by atoms with E-state index in [1.54, 1.807) is 18.4 Å². The molecular formula is C12H16BrNO4S2. The molecule has 112 valence electrons. The molecule has 1 aliphatic rings. The van der Waals surface area contributed by atoms with Gasteiger partial charge in [-0.15, -0.1) is 11.3 Å². The minimum atomic E-state index is -3.46. The molecular weight excluding hydrogens is 366 g/mol. The van der Waals surface area contributed by atoms with Crippen LogP contribution >= 0.6 is 27.3 Å². The van der Waals surface area contributed by atoms with Gasteiger partial charge in [-0.2, -0.15) is 4.31 Å². The second-order valence-electron chi connectivity index (χ2n) is 4.49. The third kappa shape index (κ3) is 3.24. The largest absolute Gasteiger partial charge is 0.466 e. The topological polar surface area (TPSA) is 63.7 Å². The van der Waals surface area contributed by atoms with Crippen molar-refractivity contribution in [2.75, 3.05) is 19.7 Å². The molecule has 8 heteroatoms. The van der Waals surface area contributed by atoms with Crippen molar-refractivity contribution in [3.63, 3.8) is 0 Å². The average molecular weight is 382 g/mol. The molecule has 20 heavy (non-hydrogen) atoms. The van der Waals surface area contributed by atoms with E-state index in [2.05, 4.69) is 15.9 Å². The Balaban J connectivity index is 2.04. The summed E-state index contributed by atoms with van der Waals surface area (Å²) < 4.78 is 32.3. The molecule has 0 amide bonds. The number of halogens is 1. The van der Waals surface area contributed by atoms with E-state index in [0.717, 1.165) is 0 Å². The van der Waals surface area contributed by atoms with Gasteiger partial charge in [0.2, 0.25) is 0 Å². The first-order chi connectivity index (χ1) is 9.46. The Hall–Kier alpha value is -0.440.